The van der Waals surface area contributed by atoms with Crippen LogP contribution < -0.4 is 5.32 Å². The lowest BCUT2D eigenvalue weighted by molar-refractivity contribution is 0.101. The molecule has 0 radical (unpaired) electrons. The number of anilines is 1. The second-order valence-corrected chi connectivity index (χ2v) is 4.33. The first kappa shape index (κ1) is 13.6. The van der Waals surface area contributed by atoms with Crippen LogP contribution in [0.15, 0.2) is 18.2 Å². The van der Waals surface area contributed by atoms with E-state index in [1.807, 2.05) is 14.1 Å². The number of carbonyl (C=O) groups excluding carboxylic acids is 1. The van der Waals surface area contributed by atoms with Gasteiger partial charge in [0.15, 0.2) is 5.78 Å². The number of halogens is 1. The number of carbonyl (C=O) groups is 1. The number of nitrogens with one attached hydrogen (secondary N) is 1. The second kappa shape index (κ2) is 6.35. The summed E-state index contributed by atoms with van der Waals surface area (Å²) in [6.07, 6.45) is 0.945. The fourth-order valence-corrected chi connectivity index (χ4v) is 1.50. The summed E-state index contributed by atoms with van der Waals surface area (Å²) in [7, 11) is 4.00. The van der Waals surface area contributed by atoms with Gasteiger partial charge in [0.1, 0.15) is 5.82 Å². The number of hydrogen-bond acceptors (Lipinski definition) is 3. The van der Waals surface area contributed by atoms with E-state index in [1.165, 1.54) is 13.0 Å². The molecule has 1 rings (SSSR count). The van der Waals surface area contributed by atoms with Crippen LogP contribution >= 0.6 is 0 Å². The molecule has 0 bridgehead atoms. The van der Waals surface area contributed by atoms with E-state index in [4.69, 9.17) is 0 Å². The third-order valence-electron chi connectivity index (χ3n) is 2.47. The lowest BCUT2D eigenvalue weighted by atomic mass is 10.1. The molecule has 0 saturated carbocycles. The van der Waals surface area contributed by atoms with Crippen LogP contribution in [0.3, 0.4) is 0 Å². The van der Waals surface area contributed by atoms with Gasteiger partial charge in [-0.25, -0.2) is 4.39 Å². The Kier molecular flexibility index (Phi) is 5.10. The van der Waals surface area contributed by atoms with E-state index in [-0.39, 0.29) is 11.6 Å². The highest BCUT2D eigenvalue weighted by molar-refractivity contribution is 5.94. The SMILES string of the molecule is CC(=O)c1ccc(NCCCN(C)C)c(F)c1. The van der Waals surface area contributed by atoms with Crippen LogP contribution in [0.25, 0.3) is 0 Å². The average molecular weight is 238 g/mol. The Morgan fingerprint density at radius 2 is 2.12 bits per heavy atom. The molecule has 0 spiro atoms. The van der Waals surface area contributed by atoms with Gasteiger partial charge in [-0.15, -0.1) is 0 Å². The smallest absolute Gasteiger partial charge is 0.159 e. The number of Topliss-reactive ketones (excluding diaryl/α,β-unsaturated/α-hetero) is 1. The monoisotopic (exact) mass is 238 g/mol. The standard InChI is InChI=1S/C13H19FN2O/c1-10(17)11-5-6-13(12(14)9-11)15-7-4-8-16(2)3/h5-6,9,15H,4,7-8H2,1-3H3. The second-order valence-electron chi connectivity index (χ2n) is 4.33. The molecule has 4 heteroatoms. The summed E-state index contributed by atoms with van der Waals surface area (Å²) in [5.74, 6) is -0.495. The molecule has 0 atom stereocenters. The number of hydrogen-bond donors (Lipinski definition) is 1. The third kappa shape index (κ3) is 4.53. The van der Waals surface area contributed by atoms with Crippen molar-refractivity contribution in [3.8, 4) is 0 Å². The fourth-order valence-electron chi connectivity index (χ4n) is 1.50. The van der Waals surface area contributed by atoms with Crippen LogP contribution in [0, 0.1) is 5.82 Å². The Morgan fingerprint density at radius 1 is 1.41 bits per heavy atom. The Bertz CT molecular complexity index is 391. The molecule has 1 aromatic carbocycles. The summed E-state index contributed by atoms with van der Waals surface area (Å²) in [6, 6.07) is 4.53. The minimum Gasteiger partial charge on any atom is -0.383 e. The van der Waals surface area contributed by atoms with Gasteiger partial charge in [-0.2, -0.15) is 0 Å². The lowest BCUT2D eigenvalue weighted by Gasteiger charge is -2.11. The number of rotatable bonds is 6. The zero-order chi connectivity index (χ0) is 12.8. The summed E-state index contributed by atoms with van der Waals surface area (Å²) in [4.78, 5) is 13.1. The van der Waals surface area contributed by atoms with Gasteiger partial charge >= 0.3 is 0 Å². The predicted molar refractivity (Wildman–Crippen MR) is 68.1 cm³/mol. The van der Waals surface area contributed by atoms with E-state index < -0.39 is 0 Å². The Labute approximate surface area is 102 Å². The van der Waals surface area contributed by atoms with Crippen LogP contribution in [0.4, 0.5) is 10.1 Å². The van der Waals surface area contributed by atoms with Crippen molar-refractivity contribution in [2.24, 2.45) is 0 Å². The molecule has 0 amide bonds. The highest BCUT2D eigenvalue weighted by Gasteiger charge is 2.05. The molecular formula is C13H19FN2O. The van der Waals surface area contributed by atoms with Crippen LogP contribution in [0.2, 0.25) is 0 Å². The Morgan fingerprint density at radius 3 is 2.65 bits per heavy atom. The topological polar surface area (TPSA) is 32.3 Å². The Hall–Kier alpha value is -1.42. The molecule has 0 heterocycles. The lowest BCUT2D eigenvalue weighted by Crippen LogP contribution is -2.16. The van der Waals surface area contributed by atoms with Gasteiger partial charge in [-0.3, -0.25) is 4.79 Å². The zero-order valence-electron chi connectivity index (χ0n) is 10.6. The van der Waals surface area contributed by atoms with Crippen molar-refractivity contribution >= 4 is 11.5 Å². The fraction of sp³-hybridized carbons (Fsp3) is 0.462. The van der Waals surface area contributed by atoms with Gasteiger partial charge in [0.25, 0.3) is 0 Å². The van der Waals surface area contributed by atoms with Crippen molar-refractivity contribution in [1.29, 1.82) is 0 Å². The van der Waals surface area contributed by atoms with Gasteiger partial charge in [-0.1, -0.05) is 0 Å². The van der Waals surface area contributed by atoms with Crippen LogP contribution in [-0.4, -0.2) is 37.9 Å². The summed E-state index contributed by atoms with van der Waals surface area (Å²) in [5, 5.41) is 3.02. The van der Waals surface area contributed by atoms with Gasteiger partial charge in [0.2, 0.25) is 0 Å². The zero-order valence-corrected chi connectivity index (χ0v) is 10.6. The number of nitrogens with zero attached hydrogens (tertiary/aromatic N) is 1. The number of ketones is 1. The molecule has 1 aromatic rings. The quantitative estimate of drug-likeness (QED) is 0.610. The molecular weight excluding hydrogens is 219 g/mol. The molecule has 0 aliphatic heterocycles. The van der Waals surface area contributed by atoms with Crippen LogP contribution in [0.1, 0.15) is 23.7 Å². The molecule has 17 heavy (non-hydrogen) atoms. The maximum absolute atomic E-state index is 13.6. The highest BCUT2D eigenvalue weighted by Crippen LogP contribution is 2.16. The predicted octanol–water partition coefficient (Wildman–Crippen LogP) is 2.39. The van der Waals surface area contributed by atoms with Crippen molar-refractivity contribution in [2.45, 2.75) is 13.3 Å². The van der Waals surface area contributed by atoms with Crippen molar-refractivity contribution in [3.05, 3.63) is 29.6 Å². The maximum atomic E-state index is 13.6. The van der Waals surface area contributed by atoms with Gasteiger partial charge in [-0.05, 0) is 52.2 Å². The number of benzene rings is 1. The highest BCUT2D eigenvalue weighted by atomic mass is 19.1. The maximum Gasteiger partial charge on any atom is 0.159 e. The Balaban J connectivity index is 2.52. The summed E-state index contributed by atoms with van der Waals surface area (Å²) in [5.41, 5.74) is 0.857. The van der Waals surface area contributed by atoms with Crippen LogP contribution in [-0.2, 0) is 0 Å². The van der Waals surface area contributed by atoms with E-state index >= 15 is 0 Å². The summed E-state index contributed by atoms with van der Waals surface area (Å²) in [6.45, 7) is 3.10. The van der Waals surface area contributed by atoms with Crippen molar-refractivity contribution < 1.29 is 9.18 Å². The molecule has 0 saturated heterocycles. The van der Waals surface area contributed by atoms with Crippen LogP contribution in [0.5, 0.6) is 0 Å². The van der Waals surface area contributed by atoms with E-state index in [2.05, 4.69) is 10.2 Å². The molecule has 3 nitrogen and oxygen atoms in total. The molecule has 0 fully saturated rings. The molecule has 0 aliphatic carbocycles. The summed E-state index contributed by atoms with van der Waals surface area (Å²) >= 11 is 0. The van der Waals surface area contributed by atoms with Gasteiger partial charge in [0.05, 0.1) is 5.69 Å². The van der Waals surface area contributed by atoms with Crippen molar-refractivity contribution in [1.82, 2.24) is 4.90 Å². The van der Waals surface area contributed by atoms with Crippen molar-refractivity contribution in [3.63, 3.8) is 0 Å². The summed E-state index contributed by atoms with van der Waals surface area (Å²) < 4.78 is 13.6. The minimum absolute atomic E-state index is 0.122. The first-order valence-corrected chi connectivity index (χ1v) is 5.70. The normalized spacial score (nSPS) is 10.6. The van der Waals surface area contributed by atoms with Gasteiger partial charge in [0, 0.05) is 12.1 Å². The average Bonchev–Trinajstić information content (AvgIpc) is 2.25. The van der Waals surface area contributed by atoms with E-state index in [9.17, 15) is 9.18 Å². The molecule has 0 aromatic heterocycles. The van der Waals surface area contributed by atoms with E-state index in [1.54, 1.807) is 12.1 Å². The molecule has 94 valence electrons. The van der Waals surface area contributed by atoms with E-state index in [0.717, 1.165) is 13.0 Å². The van der Waals surface area contributed by atoms with Gasteiger partial charge < -0.3 is 10.2 Å². The first-order valence-electron chi connectivity index (χ1n) is 5.70. The van der Waals surface area contributed by atoms with E-state index in [0.29, 0.717) is 17.8 Å². The van der Waals surface area contributed by atoms with Crippen molar-refractivity contribution in [2.75, 3.05) is 32.5 Å². The largest absolute Gasteiger partial charge is 0.383 e. The first-order chi connectivity index (χ1) is 8.00. The molecule has 0 unspecified atom stereocenters. The molecule has 1 N–H and O–H groups in total. The molecule has 0 aliphatic rings. The third-order valence-corrected chi connectivity index (χ3v) is 2.47. The minimum atomic E-state index is -0.373.